The van der Waals surface area contributed by atoms with Crippen LogP contribution in [0.1, 0.15) is 15.9 Å². The van der Waals surface area contributed by atoms with Crippen LogP contribution >= 0.6 is 0 Å². The predicted molar refractivity (Wildman–Crippen MR) is 93.9 cm³/mol. The number of phenols is 1. The summed E-state index contributed by atoms with van der Waals surface area (Å²) in [6.07, 6.45) is 2.90. The third-order valence-corrected chi connectivity index (χ3v) is 3.28. The molecule has 1 heterocycles. The highest BCUT2D eigenvalue weighted by Crippen LogP contribution is 2.22. The van der Waals surface area contributed by atoms with Gasteiger partial charge in [0.25, 0.3) is 5.91 Å². The fraction of sp³-hybridized carbons (Fsp3) is 0. The second-order valence-corrected chi connectivity index (χ2v) is 5.03. The molecule has 1 aromatic heterocycles. The van der Waals surface area contributed by atoms with Crippen LogP contribution in [0.5, 0.6) is 17.4 Å². The minimum absolute atomic E-state index is 0.0787. The number of ether oxygens (including phenoxy) is 1. The molecular weight excluding hydrogens is 318 g/mol. The summed E-state index contributed by atoms with van der Waals surface area (Å²) < 4.78 is 5.65. The van der Waals surface area contributed by atoms with Gasteiger partial charge in [0.1, 0.15) is 17.1 Å². The number of para-hydroxylation sites is 2. The maximum absolute atomic E-state index is 12.3. The van der Waals surface area contributed by atoms with Crippen LogP contribution in [0.15, 0.2) is 78.0 Å². The number of pyridine rings is 1. The van der Waals surface area contributed by atoms with Crippen LogP contribution in [0.4, 0.5) is 0 Å². The van der Waals surface area contributed by atoms with Crippen molar-refractivity contribution >= 4 is 12.1 Å². The Balaban J connectivity index is 1.73. The van der Waals surface area contributed by atoms with Crippen LogP contribution in [0.25, 0.3) is 0 Å². The molecule has 0 saturated carbocycles. The number of carbonyl (C=O) groups excluding carboxylic acids is 1. The molecule has 1 amide bonds. The van der Waals surface area contributed by atoms with Gasteiger partial charge in [-0.05, 0) is 36.4 Å². The maximum Gasteiger partial charge on any atom is 0.276 e. The lowest BCUT2D eigenvalue weighted by molar-refractivity contribution is 0.0952. The number of rotatable bonds is 5. The number of hydrogen-bond acceptors (Lipinski definition) is 5. The summed E-state index contributed by atoms with van der Waals surface area (Å²) in [4.78, 5) is 16.4. The van der Waals surface area contributed by atoms with E-state index in [1.165, 1.54) is 12.3 Å². The molecule has 0 unspecified atom stereocenters. The fourth-order valence-electron chi connectivity index (χ4n) is 2.06. The standard InChI is InChI=1S/C19H15N3O3/c23-17-11-5-4-7-14(17)13-21-22-18(24)16-10-6-12-20-19(16)25-15-8-2-1-3-9-15/h1-13,23H,(H,22,24). The van der Waals surface area contributed by atoms with E-state index >= 15 is 0 Å². The van der Waals surface area contributed by atoms with E-state index in [4.69, 9.17) is 4.74 Å². The first-order valence-electron chi connectivity index (χ1n) is 7.53. The van der Waals surface area contributed by atoms with Gasteiger partial charge < -0.3 is 9.84 Å². The molecule has 25 heavy (non-hydrogen) atoms. The Morgan fingerprint density at radius 2 is 1.80 bits per heavy atom. The molecule has 0 atom stereocenters. The van der Waals surface area contributed by atoms with Gasteiger partial charge in [-0.15, -0.1) is 0 Å². The first-order valence-corrected chi connectivity index (χ1v) is 7.53. The van der Waals surface area contributed by atoms with Crippen molar-refractivity contribution in [2.75, 3.05) is 0 Å². The highest BCUT2D eigenvalue weighted by molar-refractivity contribution is 5.97. The molecule has 124 valence electrons. The Morgan fingerprint density at radius 3 is 2.60 bits per heavy atom. The van der Waals surface area contributed by atoms with E-state index in [2.05, 4.69) is 15.5 Å². The number of nitrogens with one attached hydrogen (secondary N) is 1. The minimum Gasteiger partial charge on any atom is -0.507 e. The summed E-state index contributed by atoms with van der Waals surface area (Å²) in [5.74, 6) is 0.373. The Morgan fingerprint density at radius 1 is 1.04 bits per heavy atom. The van der Waals surface area contributed by atoms with Crippen molar-refractivity contribution in [3.8, 4) is 17.4 Å². The molecule has 0 aliphatic rings. The van der Waals surface area contributed by atoms with E-state index < -0.39 is 5.91 Å². The third-order valence-electron chi connectivity index (χ3n) is 3.28. The molecule has 0 radical (unpaired) electrons. The van der Waals surface area contributed by atoms with Crippen LogP contribution in [0.3, 0.4) is 0 Å². The largest absolute Gasteiger partial charge is 0.507 e. The molecule has 0 spiro atoms. The van der Waals surface area contributed by atoms with Crippen LogP contribution in [-0.2, 0) is 0 Å². The highest BCUT2D eigenvalue weighted by atomic mass is 16.5. The molecule has 3 rings (SSSR count). The van der Waals surface area contributed by atoms with Gasteiger partial charge in [-0.2, -0.15) is 5.10 Å². The number of phenolic OH excluding ortho intramolecular Hbond substituents is 1. The van der Waals surface area contributed by atoms with Crippen LogP contribution < -0.4 is 10.2 Å². The van der Waals surface area contributed by atoms with Gasteiger partial charge in [-0.25, -0.2) is 10.4 Å². The summed E-state index contributed by atoms with van der Waals surface area (Å²) in [6.45, 7) is 0. The number of carbonyl (C=O) groups is 1. The zero-order chi connectivity index (χ0) is 17.5. The van der Waals surface area contributed by atoms with E-state index in [0.29, 0.717) is 11.3 Å². The normalized spacial score (nSPS) is 10.6. The maximum atomic E-state index is 12.3. The van der Waals surface area contributed by atoms with Crippen molar-refractivity contribution in [3.05, 3.63) is 84.1 Å². The van der Waals surface area contributed by atoms with E-state index in [1.54, 1.807) is 48.7 Å². The zero-order valence-corrected chi connectivity index (χ0v) is 13.2. The molecule has 2 N–H and O–H groups in total. The number of benzene rings is 2. The quantitative estimate of drug-likeness (QED) is 0.554. The van der Waals surface area contributed by atoms with Gasteiger partial charge in [0, 0.05) is 11.8 Å². The fourth-order valence-corrected chi connectivity index (χ4v) is 2.06. The Labute approximate surface area is 144 Å². The summed E-state index contributed by atoms with van der Waals surface area (Å²) in [5, 5.41) is 13.5. The number of hydrogen-bond donors (Lipinski definition) is 2. The van der Waals surface area contributed by atoms with Crippen LogP contribution in [-0.4, -0.2) is 22.2 Å². The van der Waals surface area contributed by atoms with E-state index in [0.717, 1.165) is 0 Å². The van der Waals surface area contributed by atoms with Crippen molar-refractivity contribution in [1.29, 1.82) is 0 Å². The molecule has 0 fully saturated rings. The number of aromatic nitrogens is 1. The average molecular weight is 333 g/mol. The van der Waals surface area contributed by atoms with Crippen LogP contribution in [0.2, 0.25) is 0 Å². The van der Waals surface area contributed by atoms with Gasteiger partial charge in [0.05, 0.1) is 6.21 Å². The Bertz CT molecular complexity index is 895. The van der Waals surface area contributed by atoms with Crippen molar-refractivity contribution in [3.63, 3.8) is 0 Å². The second kappa shape index (κ2) is 7.74. The van der Waals surface area contributed by atoms with Gasteiger partial charge in [-0.3, -0.25) is 4.79 Å². The average Bonchev–Trinajstić information content (AvgIpc) is 2.64. The molecule has 6 nitrogen and oxygen atoms in total. The van der Waals surface area contributed by atoms with Gasteiger partial charge in [-0.1, -0.05) is 30.3 Å². The summed E-state index contributed by atoms with van der Waals surface area (Å²) in [7, 11) is 0. The number of aromatic hydroxyl groups is 1. The van der Waals surface area contributed by atoms with Gasteiger partial charge in [0.2, 0.25) is 5.88 Å². The van der Waals surface area contributed by atoms with Crippen LogP contribution in [0, 0.1) is 0 Å². The SMILES string of the molecule is O=C(NN=Cc1ccccc1O)c1cccnc1Oc1ccccc1. The highest BCUT2D eigenvalue weighted by Gasteiger charge is 2.13. The minimum atomic E-state index is -0.467. The lowest BCUT2D eigenvalue weighted by atomic mass is 10.2. The van der Waals surface area contributed by atoms with E-state index in [9.17, 15) is 9.90 Å². The Kier molecular flexibility index (Phi) is 5.01. The Hall–Kier alpha value is -3.67. The molecule has 2 aromatic carbocycles. The predicted octanol–water partition coefficient (Wildman–Crippen LogP) is 3.34. The molecule has 0 saturated heterocycles. The van der Waals surface area contributed by atoms with Crippen molar-refractivity contribution in [1.82, 2.24) is 10.4 Å². The second-order valence-electron chi connectivity index (χ2n) is 5.03. The third kappa shape index (κ3) is 4.20. The molecular formula is C19H15N3O3. The molecule has 6 heteroatoms. The molecule has 0 bridgehead atoms. The van der Waals surface area contributed by atoms with Crippen molar-refractivity contribution < 1.29 is 14.6 Å². The first-order chi connectivity index (χ1) is 12.2. The molecule has 3 aromatic rings. The van der Waals surface area contributed by atoms with Gasteiger partial charge >= 0.3 is 0 Å². The first kappa shape index (κ1) is 16.2. The summed E-state index contributed by atoms with van der Waals surface area (Å²) in [5.41, 5.74) is 3.15. The van der Waals surface area contributed by atoms with Crippen molar-refractivity contribution in [2.24, 2.45) is 5.10 Å². The van der Waals surface area contributed by atoms with Gasteiger partial charge in [0.15, 0.2) is 0 Å². The zero-order valence-electron chi connectivity index (χ0n) is 13.2. The topological polar surface area (TPSA) is 83.8 Å². The smallest absolute Gasteiger partial charge is 0.276 e. The number of amides is 1. The lowest BCUT2D eigenvalue weighted by Crippen LogP contribution is -2.18. The molecule has 0 aliphatic heterocycles. The van der Waals surface area contributed by atoms with E-state index in [-0.39, 0.29) is 17.2 Å². The summed E-state index contributed by atoms with van der Waals surface area (Å²) in [6, 6.07) is 19.0. The lowest BCUT2D eigenvalue weighted by Gasteiger charge is -2.08. The molecule has 0 aliphatic carbocycles. The number of nitrogens with zero attached hydrogens (tertiary/aromatic N) is 2. The monoisotopic (exact) mass is 333 g/mol. The number of hydrazone groups is 1. The van der Waals surface area contributed by atoms with Crippen molar-refractivity contribution in [2.45, 2.75) is 0 Å². The summed E-state index contributed by atoms with van der Waals surface area (Å²) >= 11 is 0. The van der Waals surface area contributed by atoms with E-state index in [1.807, 2.05) is 18.2 Å².